The number of methoxy groups -OCH3 is 4. The van der Waals surface area contributed by atoms with Gasteiger partial charge in [-0.05, 0) is 206 Å². The van der Waals surface area contributed by atoms with Crippen LogP contribution in [0.1, 0.15) is 33.4 Å². The molecule has 0 radical (unpaired) electrons. The zero-order chi connectivity index (χ0) is 45.5. The maximum absolute atomic E-state index is 5.39. The Morgan fingerprint density at radius 2 is 0.394 bits per heavy atom. The zero-order valence-corrected chi connectivity index (χ0v) is 37.0. The Morgan fingerprint density at radius 3 is 0.591 bits per heavy atom. The number of ether oxygens (including phenoxy) is 4. The van der Waals surface area contributed by atoms with E-state index in [1.165, 1.54) is 0 Å². The van der Waals surface area contributed by atoms with Crippen molar-refractivity contribution < 1.29 is 18.9 Å². The van der Waals surface area contributed by atoms with Gasteiger partial charge in [0.25, 0.3) is 0 Å². The molecule has 0 spiro atoms. The average molecular weight is 857 g/mol. The SMILES string of the molecule is COc1ccc(N(c2ccc(C#Cc3ccc(C#CC#Cc4ccc(C#Cc5ccc(N(c6ccc(OC)cc6)c6ccc(OC)cc6)cc5)cc4)cc3)cc2)c2ccc(OC)cc2)cc1. The maximum Gasteiger partial charge on any atom is 0.119 e. The summed E-state index contributed by atoms with van der Waals surface area (Å²) in [4.78, 5) is 4.36. The van der Waals surface area contributed by atoms with E-state index in [9.17, 15) is 0 Å². The molecule has 0 aromatic heterocycles. The molecule has 0 heterocycles. The summed E-state index contributed by atoms with van der Waals surface area (Å²) in [5.74, 6) is 28.6. The zero-order valence-electron chi connectivity index (χ0n) is 37.0. The van der Waals surface area contributed by atoms with E-state index in [0.29, 0.717) is 0 Å². The molecular formula is C60H44N2O4. The first kappa shape index (κ1) is 43.4. The summed E-state index contributed by atoms with van der Waals surface area (Å²) in [6.07, 6.45) is 0. The Bertz CT molecular complexity index is 2820. The summed E-state index contributed by atoms with van der Waals surface area (Å²) in [5.41, 5.74) is 11.4. The largest absolute Gasteiger partial charge is 0.497 e. The van der Waals surface area contributed by atoms with Crippen LogP contribution in [0.5, 0.6) is 23.0 Å². The number of hydrogen-bond donors (Lipinski definition) is 0. The smallest absolute Gasteiger partial charge is 0.119 e. The second-order valence-corrected chi connectivity index (χ2v) is 14.7. The van der Waals surface area contributed by atoms with Crippen LogP contribution in [0.15, 0.2) is 194 Å². The Morgan fingerprint density at radius 1 is 0.227 bits per heavy atom. The van der Waals surface area contributed by atoms with Crippen LogP contribution in [0.3, 0.4) is 0 Å². The van der Waals surface area contributed by atoms with Crippen LogP contribution < -0.4 is 28.7 Å². The van der Waals surface area contributed by atoms with E-state index in [1.54, 1.807) is 28.4 Å². The second kappa shape index (κ2) is 21.3. The second-order valence-electron chi connectivity index (χ2n) is 14.7. The predicted octanol–water partition coefficient (Wildman–Crippen LogP) is 12.9. The normalized spacial score (nSPS) is 9.94. The highest BCUT2D eigenvalue weighted by molar-refractivity contribution is 5.78. The molecule has 0 amide bonds. The van der Waals surface area contributed by atoms with Gasteiger partial charge in [-0.3, -0.25) is 0 Å². The van der Waals surface area contributed by atoms with E-state index in [0.717, 1.165) is 90.5 Å². The first-order valence-electron chi connectivity index (χ1n) is 21.1. The molecule has 6 heteroatoms. The van der Waals surface area contributed by atoms with E-state index in [2.05, 4.69) is 81.4 Å². The standard InChI is InChI=1S/C60H44N2O4/c1-63-57-37-29-53(30-38-57)61(54-31-39-58(64-2)40-32-54)51-25-21-49(22-26-51)19-17-47-13-9-45(10-14-47)7-5-6-8-46-11-15-48(16-12-46)18-20-50-23-27-52(28-24-50)62(55-33-41-59(65-3)42-34-55)56-35-43-60(66-4)44-36-56/h9-16,21-44H,1-4H3. The minimum Gasteiger partial charge on any atom is -0.497 e. The summed E-state index contributed by atoms with van der Waals surface area (Å²) in [7, 11) is 6.67. The van der Waals surface area contributed by atoms with Gasteiger partial charge in [-0.2, -0.15) is 0 Å². The number of hydrogen-bond acceptors (Lipinski definition) is 6. The van der Waals surface area contributed by atoms with Crippen molar-refractivity contribution in [2.45, 2.75) is 0 Å². The highest BCUT2D eigenvalue weighted by atomic mass is 16.5. The fourth-order valence-corrected chi connectivity index (χ4v) is 6.98. The number of benzene rings is 8. The van der Waals surface area contributed by atoms with Gasteiger partial charge in [0, 0.05) is 67.5 Å². The van der Waals surface area contributed by atoms with Crippen LogP contribution in [-0.4, -0.2) is 28.4 Å². The lowest BCUT2D eigenvalue weighted by Gasteiger charge is -2.25. The molecule has 0 saturated carbocycles. The van der Waals surface area contributed by atoms with E-state index in [1.807, 2.05) is 170 Å². The minimum atomic E-state index is 0.801. The van der Waals surface area contributed by atoms with Crippen molar-refractivity contribution in [2.24, 2.45) is 0 Å². The van der Waals surface area contributed by atoms with Gasteiger partial charge in [0.2, 0.25) is 0 Å². The lowest BCUT2D eigenvalue weighted by molar-refractivity contribution is 0.414. The molecule has 0 aliphatic heterocycles. The Labute approximate surface area is 387 Å². The van der Waals surface area contributed by atoms with Gasteiger partial charge < -0.3 is 28.7 Å². The van der Waals surface area contributed by atoms with Gasteiger partial charge in [0.1, 0.15) is 23.0 Å². The Balaban J connectivity index is 0.875. The molecule has 8 aromatic rings. The van der Waals surface area contributed by atoms with Gasteiger partial charge in [-0.25, -0.2) is 0 Å². The highest BCUT2D eigenvalue weighted by Gasteiger charge is 2.14. The monoisotopic (exact) mass is 856 g/mol. The summed E-state index contributed by atoms with van der Waals surface area (Å²) in [6.45, 7) is 0. The molecule has 0 aliphatic rings. The number of nitrogens with zero attached hydrogens (tertiary/aromatic N) is 2. The molecule has 66 heavy (non-hydrogen) atoms. The molecule has 0 bridgehead atoms. The van der Waals surface area contributed by atoms with Crippen molar-refractivity contribution in [3.05, 3.63) is 228 Å². The number of anilines is 6. The summed E-state index contributed by atoms with van der Waals surface area (Å²) in [5, 5.41) is 0. The van der Waals surface area contributed by atoms with Crippen LogP contribution in [0.4, 0.5) is 34.1 Å². The fourth-order valence-electron chi connectivity index (χ4n) is 6.98. The third-order valence-corrected chi connectivity index (χ3v) is 10.5. The fraction of sp³-hybridized carbons (Fsp3) is 0.0667. The van der Waals surface area contributed by atoms with Gasteiger partial charge in [0.05, 0.1) is 28.4 Å². The molecule has 0 saturated heterocycles. The molecule has 0 N–H and O–H groups in total. The number of rotatable bonds is 10. The van der Waals surface area contributed by atoms with Gasteiger partial charge in [0.15, 0.2) is 0 Å². The highest BCUT2D eigenvalue weighted by Crippen LogP contribution is 2.37. The molecule has 0 fully saturated rings. The third kappa shape index (κ3) is 11.1. The lowest BCUT2D eigenvalue weighted by Crippen LogP contribution is -2.09. The Hall–Kier alpha value is -9.20. The molecule has 0 unspecified atom stereocenters. The quantitative estimate of drug-likeness (QED) is 0.128. The van der Waals surface area contributed by atoms with E-state index in [-0.39, 0.29) is 0 Å². The molecular weight excluding hydrogens is 813 g/mol. The Kier molecular flexibility index (Phi) is 14.0. The topological polar surface area (TPSA) is 43.4 Å². The van der Waals surface area contributed by atoms with Crippen molar-refractivity contribution in [1.29, 1.82) is 0 Å². The third-order valence-electron chi connectivity index (χ3n) is 10.5. The predicted molar refractivity (Wildman–Crippen MR) is 267 cm³/mol. The van der Waals surface area contributed by atoms with Gasteiger partial charge in [-0.1, -0.05) is 35.5 Å². The summed E-state index contributed by atoms with van der Waals surface area (Å²) < 4.78 is 21.6. The minimum absolute atomic E-state index is 0.801. The average Bonchev–Trinajstić information content (AvgIpc) is 3.39. The van der Waals surface area contributed by atoms with E-state index < -0.39 is 0 Å². The van der Waals surface area contributed by atoms with Crippen molar-refractivity contribution in [2.75, 3.05) is 38.2 Å². The molecule has 0 aliphatic carbocycles. The summed E-state index contributed by atoms with van der Waals surface area (Å²) >= 11 is 0. The van der Waals surface area contributed by atoms with Crippen LogP contribution in [-0.2, 0) is 0 Å². The van der Waals surface area contributed by atoms with Crippen LogP contribution in [0.2, 0.25) is 0 Å². The van der Waals surface area contributed by atoms with Crippen LogP contribution in [0.25, 0.3) is 0 Å². The van der Waals surface area contributed by atoms with Crippen molar-refractivity contribution in [3.8, 4) is 70.4 Å². The van der Waals surface area contributed by atoms with Gasteiger partial charge >= 0.3 is 0 Å². The molecule has 8 rings (SSSR count). The van der Waals surface area contributed by atoms with Crippen molar-refractivity contribution in [3.63, 3.8) is 0 Å². The van der Waals surface area contributed by atoms with E-state index >= 15 is 0 Å². The molecule has 318 valence electrons. The molecule has 8 aromatic carbocycles. The van der Waals surface area contributed by atoms with Crippen molar-refractivity contribution >= 4 is 34.1 Å². The first-order valence-corrected chi connectivity index (χ1v) is 21.1. The maximum atomic E-state index is 5.39. The van der Waals surface area contributed by atoms with E-state index in [4.69, 9.17) is 18.9 Å². The van der Waals surface area contributed by atoms with Crippen molar-refractivity contribution in [1.82, 2.24) is 0 Å². The van der Waals surface area contributed by atoms with Gasteiger partial charge in [-0.15, -0.1) is 0 Å². The molecule has 0 atom stereocenters. The van der Waals surface area contributed by atoms with Crippen LogP contribution in [0, 0.1) is 47.4 Å². The lowest BCUT2D eigenvalue weighted by atomic mass is 10.1. The summed E-state index contributed by atoms with van der Waals surface area (Å²) in [6, 6.07) is 64.2. The molecule has 6 nitrogen and oxygen atoms in total. The first-order chi connectivity index (χ1) is 32.5. The van der Waals surface area contributed by atoms with Crippen LogP contribution >= 0.6 is 0 Å².